The van der Waals surface area contributed by atoms with Crippen molar-refractivity contribution in [1.29, 1.82) is 0 Å². The number of aromatic nitrogens is 1. The van der Waals surface area contributed by atoms with Crippen molar-refractivity contribution in [3.63, 3.8) is 0 Å². The highest BCUT2D eigenvalue weighted by Crippen LogP contribution is 2.40. The van der Waals surface area contributed by atoms with Crippen LogP contribution in [0.2, 0.25) is 0 Å². The number of likely N-dealkylation sites (tertiary alicyclic amines) is 1. The monoisotopic (exact) mass is 231 g/mol. The van der Waals surface area contributed by atoms with Gasteiger partial charge in [0, 0.05) is 25.8 Å². The average molecular weight is 231 g/mol. The van der Waals surface area contributed by atoms with Crippen LogP contribution in [0.5, 0.6) is 0 Å². The molecule has 0 radical (unpaired) electrons. The van der Waals surface area contributed by atoms with E-state index < -0.39 is 0 Å². The summed E-state index contributed by atoms with van der Waals surface area (Å²) in [5.41, 5.74) is 0.611. The van der Waals surface area contributed by atoms with Gasteiger partial charge in [0.1, 0.15) is 5.82 Å². The highest BCUT2D eigenvalue weighted by Gasteiger charge is 2.39. The van der Waals surface area contributed by atoms with E-state index in [0.29, 0.717) is 5.41 Å². The second kappa shape index (κ2) is 4.30. The molecular formula is C14H21N3. The Bertz CT molecular complexity index is 368. The summed E-state index contributed by atoms with van der Waals surface area (Å²) < 4.78 is 0. The molecule has 2 saturated heterocycles. The summed E-state index contributed by atoms with van der Waals surface area (Å²) in [4.78, 5) is 9.36. The SMILES string of the molecule is CN1CCC2(CCN(c3ccccn3)CC2)C1. The average Bonchev–Trinajstić information content (AvgIpc) is 2.73. The lowest BCUT2D eigenvalue weighted by atomic mass is 9.78. The molecule has 0 unspecified atom stereocenters. The van der Waals surface area contributed by atoms with Crippen LogP contribution in [0.1, 0.15) is 19.3 Å². The molecule has 92 valence electrons. The number of pyridine rings is 1. The third kappa shape index (κ3) is 2.16. The molecule has 3 heterocycles. The molecule has 0 atom stereocenters. The summed E-state index contributed by atoms with van der Waals surface area (Å²) in [7, 11) is 2.25. The van der Waals surface area contributed by atoms with Gasteiger partial charge in [-0.25, -0.2) is 4.98 Å². The molecule has 3 heteroatoms. The van der Waals surface area contributed by atoms with Crippen molar-refractivity contribution in [2.75, 3.05) is 38.1 Å². The van der Waals surface area contributed by atoms with Gasteiger partial charge in [-0.05, 0) is 50.4 Å². The number of hydrogen-bond acceptors (Lipinski definition) is 3. The Balaban J connectivity index is 1.65. The van der Waals surface area contributed by atoms with E-state index in [1.54, 1.807) is 0 Å². The first-order valence-electron chi connectivity index (χ1n) is 6.62. The number of hydrogen-bond donors (Lipinski definition) is 0. The van der Waals surface area contributed by atoms with E-state index in [4.69, 9.17) is 0 Å². The minimum Gasteiger partial charge on any atom is -0.357 e. The van der Waals surface area contributed by atoms with Crippen molar-refractivity contribution in [2.45, 2.75) is 19.3 Å². The van der Waals surface area contributed by atoms with Crippen LogP contribution < -0.4 is 4.90 Å². The van der Waals surface area contributed by atoms with Crippen molar-refractivity contribution in [2.24, 2.45) is 5.41 Å². The van der Waals surface area contributed by atoms with E-state index in [1.807, 2.05) is 12.3 Å². The molecule has 0 aliphatic carbocycles. The number of nitrogens with zero attached hydrogens (tertiary/aromatic N) is 3. The van der Waals surface area contributed by atoms with E-state index >= 15 is 0 Å². The lowest BCUT2D eigenvalue weighted by Gasteiger charge is -2.39. The van der Waals surface area contributed by atoms with Crippen LogP contribution in [0.25, 0.3) is 0 Å². The van der Waals surface area contributed by atoms with E-state index in [9.17, 15) is 0 Å². The fraction of sp³-hybridized carbons (Fsp3) is 0.643. The molecule has 3 rings (SSSR count). The van der Waals surface area contributed by atoms with Gasteiger partial charge >= 0.3 is 0 Å². The van der Waals surface area contributed by atoms with Gasteiger partial charge in [-0.15, -0.1) is 0 Å². The Labute approximate surface area is 103 Å². The predicted molar refractivity (Wildman–Crippen MR) is 70.2 cm³/mol. The zero-order chi connectivity index (χ0) is 11.7. The van der Waals surface area contributed by atoms with Crippen molar-refractivity contribution in [1.82, 2.24) is 9.88 Å². The minimum absolute atomic E-state index is 0.611. The van der Waals surface area contributed by atoms with Crippen LogP contribution in [-0.2, 0) is 0 Å². The summed E-state index contributed by atoms with van der Waals surface area (Å²) in [6.45, 7) is 4.92. The van der Waals surface area contributed by atoms with E-state index in [2.05, 4.69) is 34.0 Å². The van der Waals surface area contributed by atoms with Gasteiger partial charge in [0.25, 0.3) is 0 Å². The predicted octanol–water partition coefficient (Wildman–Crippen LogP) is 2.00. The molecule has 17 heavy (non-hydrogen) atoms. The quantitative estimate of drug-likeness (QED) is 0.737. The standard InChI is InChI=1S/C14H21N3/c1-16-9-5-14(12-16)6-10-17(11-7-14)13-4-2-3-8-15-13/h2-4,8H,5-7,9-12H2,1H3. The third-order valence-electron chi connectivity index (χ3n) is 4.43. The van der Waals surface area contributed by atoms with Crippen molar-refractivity contribution < 1.29 is 0 Å². The van der Waals surface area contributed by atoms with Crippen LogP contribution in [0.4, 0.5) is 5.82 Å². The molecule has 1 spiro atoms. The van der Waals surface area contributed by atoms with Crippen molar-refractivity contribution in [3.8, 4) is 0 Å². The van der Waals surface area contributed by atoms with Gasteiger partial charge < -0.3 is 9.80 Å². The Morgan fingerprint density at radius 3 is 2.47 bits per heavy atom. The zero-order valence-electron chi connectivity index (χ0n) is 10.6. The maximum atomic E-state index is 4.45. The first kappa shape index (κ1) is 11.0. The number of piperidine rings is 1. The summed E-state index contributed by atoms with van der Waals surface area (Å²) in [5, 5.41) is 0. The number of anilines is 1. The van der Waals surface area contributed by atoms with Crippen LogP contribution in [-0.4, -0.2) is 43.1 Å². The fourth-order valence-electron chi connectivity index (χ4n) is 3.32. The maximum absolute atomic E-state index is 4.45. The first-order chi connectivity index (χ1) is 8.27. The number of rotatable bonds is 1. The van der Waals surface area contributed by atoms with Crippen molar-refractivity contribution in [3.05, 3.63) is 24.4 Å². The van der Waals surface area contributed by atoms with E-state index in [1.165, 1.54) is 45.4 Å². The van der Waals surface area contributed by atoms with Crippen LogP contribution in [0, 0.1) is 5.41 Å². The molecule has 0 bridgehead atoms. The molecule has 0 amide bonds. The largest absolute Gasteiger partial charge is 0.357 e. The van der Waals surface area contributed by atoms with Crippen LogP contribution in [0.15, 0.2) is 24.4 Å². The van der Waals surface area contributed by atoms with Crippen molar-refractivity contribution >= 4 is 5.82 Å². The van der Waals surface area contributed by atoms with Gasteiger partial charge in [-0.3, -0.25) is 0 Å². The normalized spacial score (nSPS) is 24.4. The molecule has 2 aliphatic heterocycles. The smallest absolute Gasteiger partial charge is 0.128 e. The maximum Gasteiger partial charge on any atom is 0.128 e. The second-order valence-electron chi connectivity index (χ2n) is 5.66. The summed E-state index contributed by atoms with van der Waals surface area (Å²) in [5.74, 6) is 1.15. The fourth-order valence-corrected chi connectivity index (χ4v) is 3.32. The molecule has 0 saturated carbocycles. The lowest BCUT2D eigenvalue weighted by Crippen LogP contribution is -2.41. The summed E-state index contributed by atoms with van der Waals surface area (Å²) in [6.07, 6.45) is 5.93. The minimum atomic E-state index is 0.611. The Kier molecular flexibility index (Phi) is 2.79. The Morgan fingerprint density at radius 2 is 1.88 bits per heavy atom. The van der Waals surface area contributed by atoms with E-state index in [0.717, 1.165) is 5.82 Å². The summed E-state index contributed by atoms with van der Waals surface area (Å²) in [6, 6.07) is 6.19. The van der Waals surface area contributed by atoms with E-state index in [-0.39, 0.29) is 0 Å². The second-order valence-corrected chi connectivity index (χ2v) is 5.66. The lowest BCUT2D eigenvalue weighted by molar-refractivity contribution is 0.222. The van der Waals surface area contributed by atoms with Crippen LogP contribution >= 0.6 is 0 Å². The van der Waals surface area contributed by atoms with Gasteiger partial charge in [-0.2, -0.15) is 0 Å². The Morgan fingerprint density at radius 1 is 1.12 bits per heavy atom. The molecule has 1 aromatic rings. The molecular weight excluding hydrogens is 210 g/mol. The highest BCUT2D eigenvalue weighted by molar-refractivity contribution is 5.38. The van der Waals surface area contributed by atoms with Gasteiger partial charge in [0.05, 0.1) is 0 Å². The summed E-state index contributed by atoms with van der Waals surface area (Å²) >= 11 is 0. The first-order valence-corrected chi connectivity index (χ1v) is 6.62. The molecule has 3 nitrogen and oxygen atoms in total. The molecule has 2 fully saturated rings. The third-order valence-corrected chi connectivity index (χ3v) is 4.43. The highest BCUT2D eigenvalue weighted by atomic mass is 15.2. The topological polar surface area (TPSA) is 19.4 Å². The molecule has 0 N–H and O–H groups in total. The molecule has 1 aromatic heterocycles. The van der Waals surface area contributed by atoms with Crippen LogP contribution in [0.3, 0.4) is 0 Å². The van der Waals surface area contributed by atoms with Gasteiger partial charge in [0.2, 0.25) is 0 Å². The molecule has 2 aliphatic rings. The van der Waals surface area contributed by atoms with Gasteiger partial charge in [-0.1, -0.05) is 6.07 Å². The van der Waals surface area contributed by atoms with Gasteiger partial charge in [0.15, 0.2) is 0 Å². The molecule has 0 aromatic carbocycles. The zero-order valence-corrected chi connectivity index (χ0v) is 10.6. The Hall–Kier alpha value is -1.09.